The number of benzene rings is 1. The van der Waals surface area contributed by atoms with E-state index in [9.17, 15) is 0 Å². The Kier molecular flexibility index (Phi) is 3.78. The summed E-state index contributed by atoms with van der Waals surface area (Å²) in [5.41, 5.74) is 7.87. The molecule has 1 fully saturated rings. The second-order valence-electron chi connectivity index (χ2n) is 4.80. The molecule has 0 spiro atoms. The van der Waals surface area contributed by atoms with Gasteiger partial charge >= 0.3 is 0 Å². The molecule has 2 unspecified atom stereocenters. The van der Waals surface area contributed by atoms with Gasteiger partial charge in [0, 0.05) is 6.04 Å². The Morgan fingerprint density at radius 3 is 2.71 bits per heavy atom. The SMILES string of the molecule is CN1CCCC(CN)C1c1ccc(C#N)cc1. The summed E-state index contributed by atoms with van der Waals surface area (Å²) in [6.07, 6.45) is 2.43. The number of rotatable bonds is 2. The van der Waals surface area contributed by atoms with Crippen molar-refractivity contribution < 1.29 is 0 Å². The molecule has 0 bridgehead atoms. The lowest BCUT2D eigenvalue weighted by Gasteiger charge is -2.39. The minimum absolute atomic E-state index is 0.404. The molecular weight excluding hydrogens is 210 g/mol. The molecule has 0 aromatic heterocycles. The lowest BCUT2D eigenvalue weighted by molar-refractivity contribution is 0.125. The lowest BCUT2D eigenvalue weighted by Crippen LogP contribution is -2.39. The van der Waals surface area contributed by atoms with Crippen LogP contribution in [-0.2, 0) is 0 Å². The quantitative estimate of drug-likeness (QED) is 0.842. The first-order valence-corrected chi connectivity index (χ1v) is 6.16. The minimum atomic E-state index is 0.404. The molecule has 2 rings (SSSR count). The van der Waals surface area contributed by atoms with Crippen molar-refractivity contribution in [2.24, 2.45) is 11.7 Å². The molecule has 1 heterocycles. The van der Waals surface area contributed by atoms with Crippen molar-refractivity contribution in [1.29, 1.82) is 5.26 Å². The number of nitriles is 1. The third-order valence-electron chi connectivity index (χ3n) is 3.69. The molecule has 3 nitrogen and oxygen atoms in total. The van der Waals surface area contributed by atoms with Crippen LogP contribution in [0.15, 0.2) is 24.3 Å². The highest BCUT2D eigenvalue weighted by Gasteiger charge is 2.29. The van der Waals surface area contributed by atoms with Gasteiger partial charge in [0.25, 0.3) is 0 Å². The molecule has 90 valence electrons. The first kappa shape index (κ1) is 12.1. The molecule has 2 N–H and O–H groups in total. The minimum Gasteiger partial charge on any atom is -0.330 e. The number of likely N-dealkylation sites (tertiary alicyclic amines) is 1. The van der Waals surface area contributed by atoms with E-state index >= 15 is 0 Å². The highest BCUT2D eigenvalue weighted by atomic mass is 15.1. The third-order valence-corrected chi connectivity index (χ3v) is 3.69. The summed E-state index contributed by atoms with van der Waals surface area (Å²) in [7, 11) is 2.16. The van der Waals surface area contributed by atoms with Gasteiger partial charge in [-0.2, -0.15) is 5.26 Å². The molecule has 0 amide bonds. The van der Waals surface area contributed by atoms with E-state index in [-0.39, 0.29) is 0 Å². The zero-order valence-corrected chi connectivity index (χ0v) is 10.3. The van der Waals surface area contributed by atoms with Crippen molar-refractivity contribution in [1.82, 2.24) is 4.90 Å². The van der Waals surface area contributed by atoms with E-state index in [1.807, 2.05) is 12.1 Å². The van der Waals surface area contributed by atoms with Crippen LogP contribution in [-0.4, -0.2) is 25.0 Å². The topological polar surface area (TPSA) is 53.0 Å². The smallest absolute Gasteiger partial charge is 0.0991 e. The average Bonchev–Trinajstić information content (AvgIpc) is 2.38. The van der Waals surface area contributed by atoms with E-state index < -0.39 is 0 Å². The van der Waals surface area contributed by atoms with Gasteiger partial charge < -0.3 is 5.73 Å². The van der Waals surface area contributed by atoms with E-state index in [0.717, 1.165) is 18.7 Å². The summed E-state index contributed by atoms with van der Waals surface area (Å²) in [5, 5.41) is 8.81. The van der Waals surface area contributed by atoms with Crippen molar-refractivity contribution in [3.8, 4) is 6.07 Å². The van der Waals surface area contributed by atoms with Crippen molar-refractivity contribution in [3.05, 3.63) is 35.4 Å². The molecule has 1 aliphatic rings. The van der Waals surface area contributed by atoms with Crippen LogP contribution in [0.2, 0.25) is 0 Å². The van der Waals surface area contributed by atoms with Crippen molar-refractivity contribution in [3.63, 3.8) is 0 Å². The Morgan fingerprint density at radius 1 is 1.41 bits per heavy atom. The summed E-state index contributed by atoms with van der Waals surface area (Å²) in [5.74, 6) is 0.529. The fraction of sp³-hybridized carbons (Fsp3) is 0.500. The predicted molar refractivity (Wildman–Crippen MR) is 68.3 cm³/mol. The number of nitrogens with two attached hydrogens (primary N) is 1. The van der Waals surface area contributed by atoms with Gasteiger partial charge in [-0.15, -0.1) is 0 Å². The van der Waals surface area contributed by atoms with Crippen LogP contribution in [0.1, 0.15) is 30.0 Å². The van der Waals surface area contributed by atoms with Gasteiger partial charge in [0.1, 0.15) is 0 Å². The van der Waals surface area contributed by atoms with Crippen LogP contribution in [0.3, 0.4) is 0 Å². The fourth-order valence-corrected chi connectivity index (χ4v) is 2.79. The highest BCUT2D eigenvalue weighted by Crippen LogP contribution is 2.34. The maximum absolute atomic E-state index is 8.81. The number of nitrogens with zero attached hydrogens (tertiary/aromatic N) is 2. The second-order valence-corrected chi connectivity index (χ2v) is 4.80. The molecule has 1 aliphatic heterocycles. The third kappa shape index (κ3) is 2.49. The van der Waals surface area contributed by atoms with Gasteiger partial charge in [0.2, 0.25) is 0 Å². The van der Waals surface area contributed by atoms with Gasteiger partial charge in [-0.3, -0.25) is 4.90 Å². The van der Waals surface area contributed by atoms with Gasteiger partial charge in [0.15, 0.2) is 0 Å². The van der Waals surface area contributed by atoms with E-state index in [1.165, 1.54) is 18.4 Å². The first-order valence-electron chi connectivity index (χ1n) is 6.16. The Balaban J connectivity index is 2.25. The zero-order valence-electron chi connectivity index (χ0n) is 10.3. The first-order chi connectivity index (χ1) is 8.26. The van der Waals surface area contributed by atoms with Crippen molar-refractivity contribution in [2.45, 2.75) is 18.9 Å². The Morgan fingerprint density at radius 2 is 2.12 bits per heavy atom. The number of piperidine rings is 1. The van der Waals surface area contributed by atoms with Gasteiger partial charge in [-0.25, -0.2) is 0 Å². The monoisotopic (exact) mass is 229 g/mol. The molecular formula is C14H19N3. The second kappa shape index (κ2) is 5.31. The van der Waals surface area contributed by atoms with E-state index in [0.29, 0.717) is 12.0 Å². The summed E-state index contributed by atoms with van der Waals surface area (Å²) in [6.45, 7) is 1.86. The zero-order chi connectivity index (χ0) is 12.3. The summed E-state index contributed by atoms with van der Waals surface area (Å²) in [6, 6.07) is 10.5. The molecule has 17 heavy (non-hydrogen) atoms. The van der Waals surface area contributed by atoms with Crippen molar-refractivity contribution in [2.75, 3.05) is 20.1 Å². The van der Waals surface area contributed by atoms with Gasteiger partial charge in [-0.05, 0) is 56.6 Å². The molecule has 1 saturated heterocycles. The lowest BCUT2D eigenvalue weighted by atomic mass is 9.85. The number of hydrogen-bond donors (Lipinski definition) is 1. The standard InChI is InChI=1S/C14H19N3/c1-17-8-2-3-13(10-16)14(17)12-6-4-11(9-15)5-7-12/h4-7,13-14H,2-3,8,10,16H2,1H3. The van der Waals surface area contributed by atoms with Gasteiger partial charge in [-0.1, -0.05) is 12.1 Å². The van der Waals surface area contributed by atoms with Crippen LogP contribution in [0, 0.1) is 17.2 Å². The summed E-state index contributed by atoms with van der Waals surface area (Å²) in [4.78, 5) is 2.38. The fourth-order valence-electron chi connectivity index (χ4n) is 2.79. The average molecular weight is 229 g/mol. The molecule has 1 aromatic carbocycles. The highest BCUT2D eigenvalue weighted by molar-refractivity contribution is 5.33. The van der Waals surface area contributed by atoms with Crippen LogP contribution >= 0.6 is 0 Å². The molecule has 1 aromatic rings. The molecule has 0 radical (unpaired) electrons. The van der Waals surface area contributed by atoms with Crippen LogP contribution in [0.25, 0.3) is 0 Å². The van der Waals surface area contributed by atoms with Crippen LogP contribution in [0.4, 0.5) is 0 Å². The maximum atomic E-state index is 8.81. The Hall–Kier alpha value is -1.37. The number of hydrogen-bond acceptors (Lipinski definition) is 3. The molecule has 0 saturated carbocycles. The molecule has 0 aliphatic carbocycles. The Bertz CT molecular complexity index is 404. The summed E-state index contributed by atoms with van der Waals surface area (Å²) < 4.78 is 0. The maximum Gasteiger partial charge on any atom is 0.0991 e. The largest absolute Gasteiger partial charge is 0.330 e. The van der Waals surface area contributed by atoms with E-state index in [1.54, 1.807) is 0 Å². The summed E-state index contributed by atoms with van der Waals surface area (Å²) >= 11 is 0. The van der Waals surface area contributed by atoms with Crippen LogP contribution in [0.5, 0.6) is 0 Å². The van der Waals surface area contributed by atoms with E-state index in [4.69, 9.17) is 11.0 Å². The Labute approximate surface area is 103 Å². The normalized spacial score (nSPS) is 25.5. The van der Waals surface area contributed by atoms with Crippen LogP contribution < -0.4 is 5.73 Å². The van der Waals surface area contributed by atoms with Crippen molar-refractivity contribution >= 4 is 0 Å². The molecule has 3 heteroatoms. The molecule has 2 atom stereocenters. The van der Waals surface area contributed by atoms with Gasteiger partial charge in [0.05, 0.1) is 11.6 Å². The van der Waals surface area contributed by atoms with E-state index in [2.05, 4.69) is 30.1 Å². The predicted octanol–water partition coefficient (Wildman–Crippen LogP) is 1.90.